The van der Waals surface area contributed by atoms with E-state index in [0.717, 1.165) is 16.7 Å². The van der Waals surface area contributed by atoms with Crippen molar-refractivity contribution >= 4 is 94.8 Å². The molecule has 5 rings (SSSR count). The molecule has 3 aliphatic heterocycles. The number of aromatic amines is 1. The number of ketones is 2. The minimum absolute atomic E-state index is 0.0387. The molecule has 1 aromatic carbocycles. The number of thioether (sulfide) groups is 1. The number of fused-ring (bicyclic) bond motifs is 5. The van der Waals surface area contributed by atoms with Crippen LogP contribution >= 0.6 is 19.4 Å². The highest BCUT2D eigenvalue weighted by atomic mass is 32.2. The van der Waals surface area contributed by atoms with Gasteiger partial charge in [0, 0.05) is 55.7 Å². The second kappa shape index (κ2) is 25.9. The summed E-state index contributed by atoms with van der Waals surface area (Å²) < 4.78 is 19.6. The second-order valence-electron chi connectivity index (χ2n) is 18.9. The van der Waals surface area contributed by atoms with Gasteiger partial charge in [-0.2, -0.15) is 0 Å². The number of hydrogen-bond donors (Lipinski definition) is 11. The Labute approximate surface area is 427 Å². The quantitative estimate of drug-likeness (QED) is 0.120. The molecule has 2 aromatic rings. The molecule has 8 amide bonds. The van der Waals surface area contributed by atoms with Crippen molar-refractivity contribution in [1.29, 1.82) is 0 Å². The topological polar surface area (TPSA) is 359 Å². The molecule has 0 spiro atoms. The molecule has 1 fully saturated rings. The molecule has 2 bridgehead atoms. The molecular formula is C47H70N11O13PS. The number of hydrogen-bond acceptors (Lipinski definition) is 14. The standard InChI is InChI=1S/C47H70N11O13PS/c1-8-11-36(63)54-42-34(71-72(70,49-6)50-7)13-12-28-29-14-25-15-33(61)39(23(4)9-2)56-44(67)31-18-27(59)21-58(31)47(69)26(17-35(48)62)16-32(60)30(22-73-46(29)57-41(28)42)53-37(64)19-52-45(68)40(24(5)10-3)55-38(65)20-51-43(25)66/h12-13,23-27,30-31,39-40,57,59H,8-11,14-22H2,1-7H3,(H2,48,62)(H,51,66)(H,52,68)(H,53,64)(H,54,63)(H,55,65)(H,56,67)(H2,49,50,70)/t23?,24-,25+,26-,27+,30-,31-,39-,40-/m0/s1. The van der Waals surface area contributed by atoms with Crippen LogP contribution in [0.4, 0.5) is 5.69 Å². The van der Waals surface area contributed by atoms with E-state index in [4.69, 9.17) is 10.3 Å². The van der Waals surface area contributed by atoms with Crippen molar-refractivity contribution in [1.82, 2.24) is 46.6 Å². The summed E-state index contributed by atoms with van der Waals surface area (Å²) in [6.07, 6.45) is -2.27. The molecular weight excluding hydrogens is 990 g/mol. The second-order valence-corrected chi connectivity index (χ2v) is 22.1. The summed E-state index contributed by atoms with van der Waals surface area (Å²) >= 11 is 0.983. The predicted molar refractivity (Wildman–Crippen MR) is 270 cm³/mol. The summed E-state index contributed by atoms with van der Waals surface area (Å²) in [5.41, 5.74) is 6.26. The van der Waals surface area contributed by atoms with Crippen molar-refractivity contribution in [2.75, 3.05) is 44.8 Å². The van der Waals surface area contributed by atoms with Gasteiger partial charge in [-0.15, -0.1) is 11.8 Å². The Hall–Kier alpha value is -5.88. The Bertz CT molecular complexity index is 2500. The van der Waals surface area contributed by atoms with Crippen LogP contribution < -0.4 is 52.3 Å². The molecule has 0 radical (unpaired) electrons. The maximum Gasteiger partial charge on any atom is 0.390 e. The van der Waals surface area contributed by atoms with Gasteiger partial charge in [0.25, 0.3) is 0 Å². The summed E-state index contributed by atoms with van der Waals surface area (Å²) in [5.74, 6) is -11.6. The zero-order valence-electron chi connectivity index (χ0n) is 42.3. The number of aromatic nitrogens is 1. The number of Topliss-reactive ketones (excluding diaryl/α,β-unsaturated/α-hetero) is 2. The van der Waals surface area contributed by atoms with Crippen LogP contribution in [0.1, 0.15) is 91.5 Å². The first kappa shape index (κ1) is 58.0. The fraction of sp³-hybridized carbons (Fsp3) is 0.617. The van der Waals surface area contributed by atoms with Gasteiger partial charge in [-0.05, 0) is 56.5 Å². The van der Waals surface area contributed by atoms with E-state index < -0.39 is 153 Å². The zero-order valence-corrected chi connectivity index (χ0v) is 44.0. The Morgan fingerprint density at radius 1 is 0.863 bits per heavy atom. The van der Waals surface area contributed by atoms with Crippen molar-refractivity contribution in [3.05, 3.63) is 17.7 Å². The van der Waals surface area contributed by atoms with Gasteiger partial charge >= 0.3 is 7.67 Å². The van der Waals surface area contributed by atoms with E-state index in [-0.39, 0.29) is 53.5 Å². The molecule has 24 nitrogen and oxygen atoms in total. The first-order valence-corrected chi connectivity index (χ1v) is 27.2. The third-order valence-corrected chi connectivity index (χ3v) is 16.3. The van der Waals surface area contributed by atoms with Gasteiger partial charge in [-0.25, -0.2) is 14.7 Å². The number of carbonyl (C=O) groups is 10. The average molecular weight is 1060 g/mol. The number of carbonyl (C=O) groups excluding carboxylic acids is 10. The Morgan fingerprint density at radius 2 is 1.51 bits per heavy atom. The smallest absolute Gasteiger partial charge is 0.390 e. The third kappa shape index (κ3) is 14.7. The maximum absolute atomic E-state index is 14.8. The van der Waals surface area contributed by atoms with Gasteiger partial charge in [0.1, 0.15) is 17.8 Å². The van der Waals surface area contributed by atoms with Crippen LogP contribution in [0, 0.1) is 23.7 Å². The van der Waals surface area contributed by atoms with E-state index in [9.17, 15) is 57.6 Å². The summed E-state index contributed by atoms with van der Waals surface area (Å²) in [4.78, 5) is 144. The Balaban J connectivity index is 1.80. The van der Waals surface area contributed by atoms with Crippen molar-refractivity contribution in [2.45, 2.75) is 128 Å². The fourth-order valence-corrected chi connectivity index (χ4v) is 11.0. The average Bonchev–Trinajstić information content (AvgIpc) is 3.92. The van der Waals surface area contributed by atoms with E-state index in [0.29, 0.717) is 30.2 Å². The number of aliphatic hydroxyl groups is 1. The van der Waals surface area contributed by atoms with Gasteiger partial charge in [0.15, 0.2) is 17.3 Å². The van der Waals surface area contributed by atoms with E-state index in [2.05, 4.69) is 47.1 Å². The van der Waals surface area contributed by atoms with E-state index in [1.807, 2.05) is 0 Å². The lowest BCUT2D eigenvalue weighted by atomic mass is 9.86. The number of nitrogens with zero attached hydrogens (tertiary/aromatic N) is 1. The van der Waals surface area contributed by atoms with Crippen molar-refractivity contribution in [2.24, 2.45) is 29.4 Å². The van der Waals surface area contributed by atoms with E-state index >= 15 is 0 Å². The molecule has 4 heterocycles. The molecule has 0 saturated carbocycles. The van der Waals surface area contributed by atoms with Crippen LogP contribution in [0.25, 0.3) is 10.9 Å². The van der Waals surface area contributed by atoms with Crippen molar-refractivity contribution in [3.8, 4) is 5.75 Å². The SMILES string of the molecule is CCCC(=O)Nc1c(OP(=O)(NC)NC)ccc2c3c([nH]c12)SC[C@@H]1NC(=O)CNC(=O)[C@H]([C@@H](C)CC)NC(=O)CNC(=O)[C@@H](CC(=O)[C@H](C(C)CC)NC(=O)[C@@H]2C[C@@H](O)CN2C(=O)[C@H](CC(N)=O)CC1=O)C3. The number of primary amides is 1. The number of rotatable bonds is 13. The lowest BCUT2D eigenvalue weighted by Gasteiger charge is -2.31. The highest BCUT2D eigenvalue weighted by molar-refractivity contribution is 7.99. The molecule has 402 valence electrons. The fourth-order valence-electron chi connectivity index (χ4n) is 9.03. The summed E-state index contributed by atoms with van der Waals surface area (Å²) in [6, 6.07) is -2.20. The monoisotopic (exact) mass is 1060 g/mol. The van der Waals surface area contributed by atoms with Crippen LogP contribution in [0.3, 0.4) is 0 Å². The third-order valence-electron chi connectivity index (χ3n) is 13.6. The normalized spacial score (nSPS) is 25.3. The van der Waals surface area contributed by atoms with Gasteiger partial charge < -0.3 is 57.1 Å². The first-order chi connectivity index (χ1) is 34.6. The van der Waals surface area contributed by atoms with E-state index in [1.54, 1.807) is 40.7 Å². The molecule has 0 aliphatic carbocycles. The highest BCUT2D eigenvalue weighted by Gasteiger charge is 2.44. The largest absolute Gasteiger partial charge is 0.420 e. The predicted octanol–water partition coefficient (Wildman–Crippen LogP) is 0.261. The maximum atomic E-state index is 14.8. The van der Waals surface area contributed by atoms with Crippen LogP contribution in [0.2, 0.25) is 0 Å². The Kier molecular flexibility index (Phi) is 20.6. The number of nitrogens with two attached hydrogens (primary N) is 1. The lowest BCUT2D eigenvalue weighted by Crippen LogP contribution is -2.55. The lowest BCUT2D eigenvalue weighted by molar-refractivity contribution is -0.145. The summed E-state index contributed by atoms with van der Waals surface area (Å²) in [7, 11) is -0.957. The number of aliphatic hydroxyl groups excluding tert-OH is 1. The molecule has 9 atom stereocenters. The number of H-pyrrole nitrogens is 1. The molecule has 26 heteroatoms. The van der Waals surface area contributed by atoms with Gasteiger partial charge in [0.2, 0.25) is 47.3 Å². The van der Waals surface area contributed by atoms with Crippen LogP contribution in [-0.4, -0.2) is 144 Å². The summed E-state index contributed by atoms with van der Waals surface area (Å²) in [5, 5.41) is 32.7. The minimum Gasteiger partial charge on any atom is -0.420 e. The number of anilines is 1. The molecule has 1 saturated heterocycles. The number of amides is 8. The van der Waals surface area contributed by atoms with Gasteiger partial charge in [0.05, 0.1) is 47.7 Å². The van der Waals surface area contributed by atoms with Crippen LogP contribution in [0.5, 0.6) is 5.75 Å². The first-order valence-electron chi connectivity index (χ1n) is 24.6. The summed E-state index contributed by atoms with van der Waals surface area (Å²) in [6.45, 7) is 7.13. The van der Waals surface area contributed by atoms with Crippen molar-refractivity contribution in [3.63, 3.8) is 0 Å². The minimum atomic E-state index is -3.77. The molecule has 73 heavy (non-hydrogen) atoms. The highest BCUT2D eigenvalue weighted by Crippen LogP contribution is 2.46. The number of nitrogens with one attached hydrogen (secondary N) is 9. The van der Waals surface area contributed by atoms with Gasteiger partial charge in [-0.1, -0.05) is 47.5 Å². The van der Waals surface area contributed by atoms with Crippen molar-refractivity contribution < 1.29 is 62.1 Å². The van der Waals surface area contributed by atoms with Crippen LogP contribution in [-0.2, 0) is 58.9 Å². The Morgan fingerprint density at radius 3 is 2.14 bits per heavy atom. The van der Waals surface area contributed by atoms with Gasteiger partial charge in [-0.3, -0.25) is 47.9 Å². The van der Waals surface area contributed by atoms with E-state index in [1.165, 1.54) is 20.2 Å². The molecule has 3 aliphatic rings. The number of benzene rings is 1. The molecule has 1 aromatic heterocycles. The zero-order chi connectivity index (χ0) is 53.9. The molecule has 1 unspecified atom stereocenters. The van der Waals surface area contributed by atoms with Crippen LogP contribution in [0.15, 0.2) is 17.2 Å². The molecule has 12 N–H and O–H groups in total.